The van der Waals surface area contributed by atoms with Crippen LogP contribution in [-0.2, 0) is 13.2 Å². The van der Waals surface area contributed by atoms with Crippen molar-refractivity contribution in [2.75, 3.05) is 42.5 Å². The van der Waals surface area contributed by atoms with Gasteiger partial charge < -0.3 is 33.7 Å². The molecule has 2 fully saturated rings. The topological polar surface area (TPSA) is 109 Å². The Balaban J connectivity index is 0.000000166. The number of imidazole rings is 2. The van der Waals surface area contributed by atoms with Gasteiger partial charge in [0.1, 0.15) is 35.6 Å². The Kier molecular flexibility index (Phi) is 13.0. The van der Waals surface area contributed by atoms with Gasteiger partial charge in [-0.25, -0.2) is 15.0 Å². The van der Waals surface area contributed by atoms with Gasteiger partial charge in [-0.1, -0.05) is 67.2 Å². The van der Waals surface area contributed by atoms with E-state index in [1.807, 2.05) is 84.4 Å². The van der Waals surface area contributed by atoms with Gasteiger partial charge in [0.25, 0.3) is 0 Å². The van der Waals surface area contributed by atoms with E-state index in [-0.39, 0.29) is 11.8 Å². The van der Waals surface area contributed by atoms with Crippen molar-refractivity contribution in [2.45, 2.75) is 52.5 Å². The fourth-order valence-corrected chi connectivity index (χ4v) is 8.84. The molecular formula is C53H51F2N9O2. The second-order valence-electron chi connectivity index (χ2n) is 16.5. The van der Waals surface area contributed by atoms with Crippen molar-refractivity contribution in [2.24, 2.45) is 0 Å². The molecule has 2 saturated heterocycles. The third-order valence-electron chi connectivity index (χ3n) is 12.3. The van der Waals surface area contributed by atoms with E-state index in [9.17, 15) is 14.0 Å². The maximum atomic E-state index is 12.8. The number of aryl methyl sites for hydroxylation is 1. The standard InChI is InChI=1S/C28H26N4O.C25H25F2N5O/c1-20-8-7-15-31(20)24-11-6-12-25(17-24)33-19-28-30-26-14-13-22(18-29)16-27(26)32(28)21(2)23-9-4-3-5-10-23;1-17-30-21-8-6-18(19-7-9-24(29-15-19)31-12-10-28-11-13-31)14-22(21)32(17)16-20-4-2-3-5-23(20)33-25(26)27/h3-6,9-14,16-17,21H,1,7-8,15,19H2,2H3;2-9,14-15,25,28H,10-13,16H2,1H3/t21-;/m0./s1. The first-order chi connectivity index (χ1) is 32.2. The van der Waals surface area contributed by atoms with E-state index in [0.29, 0.717) is 24.3 Å². The summed E-state index contributed by atoms with van der Waals surface area (Å²) in [7, 11) is 0. The van der Waals surface area contributed by atoms with Crippen molar-refractivity contribution < 1.29 is 18.3 Å². The quantitative estimate of drug-likeness (QED) is 0.128. The van der Waals surface area contributed by atoms with E-state index in [1.165, 1.54) is 5.56 Å². The van der Waals surface area contributed by atoms with Crippen molar-refractivity contribution in [1.29, 1.82) is 5.26 Å². The highest BCUT2D eigenvalue weighted by molar-refractivity contribution is 5.83. The van der Waals surface area contributed by atoms with E-state index in [0.717, 1.165) is 113 Å². The molecule has 10 rings (SSSR count). The third-order valence-corrected chi connectivity index (χ3v) is 12.3. The molecule has 1 N–H and O–H groups in total. The second kappa shape index (κ2) is 19.7. The lowest BCUT2D eigenvalue weighted by Gasteiger charge is -2.28. The van der Waals surface area contributed by atoms with E-state index < -0.39 is 6.61 Å². The molecule has 0 aliphatic carbocycles. The molecule has 13 heteroatoms. The predicted molar refractivity (Wildman–Crippen MR) is 256 cm³/mol. The van der Waals surface area contributed by atoms with E-state index in [2.05, 4.69) is 91.7 Å². The van der Waals surface area contributed by atoms with Crippen LogP contribution in [0.1, 0.15) is 54.1 Å². The van der Waals surface area contributed by atoms with Crippen LogP contribution in [0.3, 0.4) is 0 Å². The Morgan fingerprint density at radius 2 is 1.59 bits per heavy atom. The first kappa shape index (κ1) is 43.7. The zero-order valence-corrected chi connectivity index (χ0v) is 37.1. The number of halogens is 2. The molecule has 3 aromatic heterocycles. The molecule has 11 nitrogen and oxygen atoms in total. The van der Waals surface area contributed by atoms with Gasteiger partial charge >= 0.3 is 6.61 Å². The molecule has 8 aromatic rings. The van der Waals surface area contributed by atoms with Gasteiger partial charge in [0.2, 0.25) is 0 Å². The Labute approximate surface area is 383 Å². The summed E-state index contributed by atoms with van der Waals surface area (Å²) < 4.78 is 40.8. The molecule has 0 unspecified atom stereocenters. The average Bonchev–Trinajstić information content (AvgIpc) is 4.05. The van der Waals surface area contributed by atoms with Crippen LogP contribution in [0.2, 0.25) is 0 Å². The number of benzene rings is 5. The number of nitrogens with one attached hydrogen (secondary N) is 1. The number of rotatable bonds is 12. The van der Waals surface area contributed by atoms with Crippen LogP contribution in [0.5, 0.6) is 11.5 Å². The summed E-state index contributed by atoms with van der Waals surface area (Å²) in [5, 5.41) is 12.8. The van der Waals surface area contributed by atoms with Crippen LogP contribution in [0.25, 0.3) is 33.2 Å². The predicted octanol–water partition coefficient (Wildman–Crippen LogP) is 10.7. The number of alkyl halides is 2. The van der Waals surface area contributed by atoms with Crippen molar-refractivity contribution >= 4 is 33.6 Å². The molecule has 1 atom stereocenters. The van der Waals surface area contributed by atoms with Crippen LogP contribution in [-0.4, -0.2) is 63.4 Å². The Morgan fingerprint density at radius 3 is 2.35 bits per heavy atom. The fourth-order valence-electron chi connectivity index (χ4n) is 8.84. The van der Waals surface area contributed by atoms with Crippen molar-refractivity contribution in [3.8, 4) is 28.7 Å². The van der Waals surface area contributed by atoms with Gasteiger partial charge in [-0.2, -0.15) is 14.0 Å². The lowest BCUT2D eigenvalue weighted by Crippen LogP contribution is -2.43. The molecule has 66 heavy (non-hydrogen) atoms. The second-order valence-corrected chi connectivity index (χ2v) is 16.5. The number of pyridine rings is 1. The maximum Gasteiger partial charge on any atom is 0.387 e. The number of piperazine rings is 1. The zero-order valence-electron chi connectivity index (χ0n) is 37.1. The van der Waals surface area contributed by atoms with E-state index in [4.69, 9.17) is 14.5 Å². The third kappa shape index (κ3) is 9.60. The van der Waals surface area contributed by atoms with Crippen LogP contribution < -0.4 is 24.6 Å². The molecule has 2 aliphatic heterocycles. The summed E-state index contributed by atoms with van der Waals surface area (Å²) in [4.78, 5) is 18.7. The molecule has 5 heterocycles. The van der Waals surface area contributed by atoms with Crippen LogP contribution in [0, 0.1) is 18.3 Å². The molecule has 5 aromatic carbocycles. The van der Waals surface area contributed by atoms with Crippen molar-refractivity contribution in [1.82, 2.24) is 29.4 Å². The summed E-state index contributed by atoms with van der Waals surface area (Å²) in [6.45, 7) is 10.9. The van der Waals surface area contributed by atoms with Gasteiger partial charge in [-0.05, 0) is 98.5 Å². The highest BCUT2D eigenvalue weighted by Crippen LogP contribution is 2.32. The zero-order chi connectivity index (χ0) is 45.6. The van der Waals surface area contributed by atoms with Gasteiger partial charge in [-0.15, -0.1) is 0 Å². The lowest BCUT2D eigenvalue weighted by atomic mass is 10.1. The van der Waals surface area contributed by atoms with Crippen LogP contribution in [0.15, 0.2) is 146 Å². The smallest absolute Gasteiger partial charge is 0.387 e. The summed E-state index contributed by atoms with van der Waals surface area (Å²) in [6, 6.07) is 43.5. The Morgan fingerprint density at radius 1 is 0.818 bits per heavy atom. The van der Waals surface area contributed by atoms with Gasteiger partial charge in [0, 0.05) is 67.5 Å². The first-order valence-corrected chi connectivity index (χ1v) is 22.3. The number of allylic oxidation sites excluding steroid dienone is 1. The maximum absolute atomic E-state index is 12.8. The van der Waals surface area contributed by atoms with Crippen LogP contribution in [0.4, 0.5) is 20.3 Å². The van der Waals surface area contributed by atoms with E-state index >= 15 is 0 Å². The summed E-state index contributed by atoms with van der Waals surface area (Å²) in [5.41, 5.74) is 10.4. The minimum atomic E-state index is -2.87. The van der Waals surface area contributed by atoms with Gasteiger partial charge in [0.15, 0.2) is 0 Å². The summed E-state index contributed by atoms with van der Waals surface area (Å²) in [6.07, 6.45) is 4.07. The molecule has 334 valence electrons. The number of nitrogens with zero attached hydrogens (tertiary/aromatic N) is 8. The van der Waals surface area contributed by atoms with Crippen molar-refractivity contribution in [3.63, 3.8) is 0 Å². The average molecular weight is 884 g/mol. The van der Waals surface area contributed by atoms with Crippen LogP contribution >= 0.6 is 0 Å². The number of fused-ring (bicyclic) bond motifs is 2. The number of nitriles is 1. The summed E-state index contributed by atoms with van der Waals surface area (Å²) >= 11 is 0. The molecule has 0 bridgehead atoms. The molecule has 2 aliphatic rings. The Hall–Kier alpha value is -7.56. The fraction of sp³-hybridized carbons (Fsp3) is 0.245. The number of hydrogen-bond donors (Lipinski definition) is 1. The van der Waals surface area contributed by atoms with E-state index in [1.54, 1.807) is 18.2 Å². The lowest BCUT2D eigenvalue weighted by molar-refractivity contribution is -0.0504. The normalized spacial score (nSPS) is 14.3. The SMILES string of the molecule is C=C1CCCN1c1cccc(OCc2nc3ccc(C#N)cc3n2[C@@H](C)c2ccccc2)c1.Cc1nc2ccc(-c3ccc(N4CCNCC4)nc3)cc2n1Cc1ccccc1OC(F)F. The highest BCUT2D eigenvalue weighted by Gasteiger charge is 2.21. The largest absolute Gasteiger partial charge is 0.486 e. The minimum Gasteiger partial charge on any atom is -0.486 e. The first-order valence-electron chi connectivity index (χ1n) is 22.3. The minimum absolute atomic E-state index is 0.0444. The monoisotopic (exact) mass is 883 g/mol. The number of ether oxygens (including phenoxy) is 2. The van der Waals surface area contributed by atoms with Gasteiger partial charge in [0.05, 0.1) is 46.3 Å². The number of anilines is 2. The molecule has 0 radical (unpaired) electrons. The Bertz CT molecular complexity index is 3010. The molecule has 0 amide bonds. The van der Waals surface area contributed by atoms with Crippen molar-refractivity contribution in [3.05, 3.63) is 174 Å². The highest BCUT2D eigenvalue weighted by atomic mass is 19.3. The molecule has 0 saturated carbocycles. The number of hydrogen-bond acceptors (Lipinski definition) is 9. The molecule has 0 spiro atoms. The molecular weight excluding hydrogens is 833 g/mol. The number of para-hydroxylation sites is 1. The number of aromatic nitrogens is 5. The summed E-state index contributed by atoms with van der Waals surface area (Å²) in [5.74, 6) is 3.60. The van der Waals surface area contributed by atoms with Gasteiger partial charge in [-0.3, -0.25) is 0 Å².